The van der Waals surface area contributed by atoms with Crippen molar-refractivity contribution in [1.82, 2.24) is 0 Å². The van der Waals surface area contributed by atoms with Crippen molar-refractivity contribution in [3.05, 3.63) is 85.7 Å². The molecular weight excluding hydrogens is 761 g/mol. The molecule has 3 aliphatic rings. The first-order chi connectivity index (χ1) is 15.7. The highest BCUT2D eigenvalue weighted by molar-refractivity contribution is 14.2. The molecule has 1 spiro atoms. The van der Waals surface area contributed by atoms with Gasteiger partial charge in [0.2, 0.25) is 0 Å². The van der Waals surface area contributed by atoms with Crippen LogP contribution in [-0.4, -0.2) is 19.0 Å². The van der Waals surface area contributed by atoms with E-state index in [0.717, 1.165) is 12.8 Å². The molecule has 2 aromatic rings. The second kappa shape index (κ2) is 8.43. The fraction of sp³-hybridized carbons (Fsp3) is 0.240. The zero-order chi connectivity index (χ0) is 23.5. The second-order valence-corrected chi connectivity index (χ2v) is 14.6. The van der Waals surface area contributed by atoms with Gasteiger partial charge in [-0.25, -0.2) is 4.79 Å². The van der Waals surface area contributed by atoms with E-state index < -0.39 is 13.0 Å². The summed E-state index contributed by atoms with van der Waals surface area (Å²) in [5.74, 6) is 0.327. The Hall–Kier alpha value is -1.28. The Morgan fingerprint density at radius 1 is 1.09 bits per heavy atom. The lowest BCUT2D eigenvalue weighted by atomic mass is 9.74. The molecule has 2 aromatic carbocycles. The summed E-state index contributed by atoms with van der Waals surface area (Å²) in [6, 6.07) is 10.8. The monoisotopic (exact) mass is 778 g/mol. The second-order valence-electron chi connectivity index (χ2n) is 8.10. The molecule has 168 valence electrons. The molecule has 8 heteroatoms. The number of carbonyl (C=O) groups is 3. The summed E-state index contributed by atoms with van der Waals surface area (Å²) in [4.78, 5) is 38.8. The number of halogens is 3. The molecule has 0 amide bonds. The minimum Gasteiger partial charge on any atom is -0.456 e. The van der Waals surface area contributed by atoms with Crippen LogP contribution in [0.4, 0.5) is 0 Å². The summed E-state index contributed by atoms with van der Waals surface area (Å²) in [5, 5.41) is 0. The van der Waals surface area contributed by atoms with Gasteiger partial charge in [0, 0.05) is 32.8 Å². The average Bonchev–Trinajstić information content (AvgIpc) is 3.07. The number of hydrogen-bond acceptors (Lipinski definition) is 5. The first kappa shape index (κ1) is 23.5. The lowest BCUT2D eigenvalue weighted by molar-refractivity contribution is -0.113. The molecule has 2 aliphatic heterocycles. The van der Waals surface area contributed by atoms with Gasteiger partial charge in [0.05, 0.1) is 11.1 Å². The standard InChI is InChI=1S/C25H17I3O5/c1-2-3-8-17(29)14-9-10-18-21(22(14)26)25(15-7-5-4-6-13(15)23(31)33-25)16-12-24(27,28)20(30)11-19(16)32-18/h4-7,9-12H,2-3,8H2,1H3. The molecule has 0 bridgehead atoms. The predicted molar refractivity (Wildman–Crippen MR) is 148 cm³/mol. The van der Waals surface area contributed by atoms with Gasteiger partial charge >= 0.3 is 5.97 Å². The molecule has 0 saturated carbocycles. The number of ether oxygens (including phenoxy) is 2. The van der Waals surface area contributed by atoms with Crippen LogP contribution in [0, 0.1) is 3.57 Å². The van der Waals surface area contributed by atoms with E-state index >= 15 is 0 Å². The largest absolute Gasteiger partial charge is 0.456 e. The minimum atomic E-state index is -1.30. The molecule has 1 unspecified atom stereocenters. The molecule has 2 heterocycles. The van der Waals surface area contributed by atoms with Crippen LogP contribution in [0.15, 0.2) is 59.9 Å². The molecule has 0 fully saturated rings. The Balaban J connectivity index is 1.84. The molecule has 0 N–H and O–H groups in total. The highest BCUT2D eigenvalue weighted by Crippen LogP contribution is 2.58. The molecule has 0 saturated heterocycles. The van der Waals surface area contributed by atoms with Crippen LogP contribution in [-0.2, 0) is 15.1 Å². The van der Waals surface area contributed by atoms with E-state index in [9.17, 15) is 14.4 Å². The number of Topliss-reactive ketones (excluding diaryl/α,β-unsaturated/α-hetero) is 1. The van der Waals surface area contributed by atoms with Gasteiger partial charge in [-0.1, -0.05) is 76.7 Å². The van der Waals surface area contributed by atoms with Crippen molar-refractivity contribution < 1.29 is 23.9 Å². The van der Waals surface area contributed by atoms with Crippen LogP contribution in [0.1, 0.15) is 58.0 Å². The molecule has 0 radical (unpaired) electrons. The summed E-state index contributed by atoms with van der Waals surface area (Å²) in [6.45, 7) is 2.05. The van der Waals surface area contributed by atoms with Crippen LogP contribution in [0.5, 0.6) is 5.75 Å². The van der Waals surface area contributed by atoms with Crippen molar-refractivity contribution in [2.24, 2.45) is 0 Å². The number of benzene rings is 2. The summed E-state index contributed by atoms with van der Waals surface area (Å²) >= 11 is 6.33. The number of ketones is 2. The Bertz CT molecular complexity index is 1310. The van der Waals surface area contributed by atoms with E-state index in [1.807, 2.05) is 25.1 Å². The number of rotatable bonds is 4. The van der Waals surface area contributed by atoms with Crippen molar-refractivity contribution in [3.8, 4) is 5.75 Å². The third-order valence-corrected chi connectivity index (χ3v) is 8.87. The van der Waals surface area contributed by atoms with E-state index in [0.29, 0.717) is 49.3 Å². The number of alkyl halides is 2. The fourth-order valence-electron chi connectivity index (χ4n) is 4.49. The Morgan fingerprint density at radius 2 is 1.85 bits per heavy atom. The first-order valence-electron chi connectivity index (χ1n) is 10.4. The molecule has 5 nitrogen and oxygen atoms in total. The van der Waals surface area contributed by atoms with Crippen LogP contribution in [0.2, 0.25) is 0 Å². The molecule has 5 rings (SSSR count). The topological polar surface area (TPSA) is 69.7 Å². The molecule has 1 aliphatic carbocycles. The van der Waals surface area contributed by atoms with Gasteiger partial charge in [-0.05, 0) is 53.3 Å². The third-order valence-electron chi connectivity index (χ3n) is 6.07. The van der Waals surface area contributed by atoms with E-state index in [-0.39, 0.29) is 11.6 Å². The van der Waals surface area contributed by atoms with Gasteiger partial charge < -0.3 is 9.47 Å². The highest BCUT2D eigenvalue weighted by atomic mass is 127. The predicted octanol–water partition coefficient (Wildman–Crippen LogP) is 6.43. The lowest BCUT2D eigenvalue weighted by Gasteiger charge is -2.41. The maximum absolute atomic E-state index is 13.1. The first-order valence-corrected chi connectivity index (χ1v) is 13.7. The van der Waals surface area contributed by atoms with Crippen LogP contribution < -0.4 is 4.74 Å². The maximum Gasteiger partial charge on any atom is 0.340 e. The molecular formula is C25H17I3O5. The number of esters is 1. The normalized spacial score (nSPS) is 21.9. The lowest BCUT2D eigenvalue weighted by Crippen LogP contribution is -2.41. The van der Waals surface area contributed by atoms with Gasteiger partial charge in [-0.3, -0.25) is 9.59 Å². The van der Waals surface area contributed by atoms with Crippen molar-refractivity contribution >= 4 is 85.3 Å². The maximum atomic E-state index is 13.1. The fourth-order valence-corrected chi connectivity index (χ4v) is 6.55. The van der Waals surface area contributed by atoms with Gasteiger partial charge in [-0.2, -0.15) is 0 Å². The van der Waals surface area contributed by atoms with E-state index in [1.165, 1.54) is 6.08 Å². The zero-order valence-corrected chi connectivity index (χ0v) is 23.9. The van der Waals surface area contributed by atoms with Gasteiger partial charge in [0.25, 0.3) is 0 Å². The van der Waals surface area contributed by atoms with E-state index in [2.05, 4.69) is 67.8 Å². The SMILES string of the molecule is CCCCC(=O)c1ccc2c(c1I)C1(OC(=O)c3ccccc31)C1=CC(I)(I)C(=O)C=C1O2. The highest BCUT2D eigenvalue weighted by Gasteiger charge is 2.58. The smallest absolute Gasteiger partial charge is 0.340 e. The average molecular weight is 778 g/mol. The summed E-state index contributed by atoms with van der Waals surface area (Å²) in [5.41, 5.74) is 1.67. The van der Waals surface area contributed by atoms with Gasteiger partial charge in [0.1, 0.15) is 11.5 Å². The van der Waals surface area contributed by atoms with Gasteiger partial charge in [0.15, 0.2) is 18.6 Å². The number of carbonyl (C=O) groups excluding carboxylic acids is 3. The van der Waals surface area contributed by atoms with Crippen molar-refractivity contribution in [1.29, 1.82) is 0 Å². The Morgan fingerprint density at radius 3 is 2.61 bits per heavy atom. The Labute approximate surface area is 231 Å². The van der Waals surface area contributed by atoms with E-state index in [1.54, 1.807) is 24.3 Å². The summed E-state index contributed by atoms with van der Waals surface area (Å²) < 4.78 is 12.3. The zero-order valence-electron chi connectivity index (χ0n) is 17.4. The summed E-state index contributed by atoms with van der Waals surface area (Å²) in [6.07, 6.45) is 5.46. The Kier molecular flexibility index (Phi) is 6.00. The van der Waals surface area contributed by atoms with Crippen LogP contribution in [0.3, 0.4) is 0 Å². The number of unbranched alkanes of at least 4 members (excludes halogenated alkanes) is 1. The minimum absolute atomic E-state index is 0.0445. The summed E-state index contributed by atoms with van der Waals surface area (Å²) in [7, 11) is 0. The van der Waals surface area contributed by atoms with Crippen molar-refractivity contribution in [2.75, 3.05) is 0 Å². The number of allylic oxidation sites excluding steroid dienone is 2. The molecule has 1 atom stereocenters. The van der Waals surface area contributed by atoms with Crippen LogP contribution >= 0.6 is 67.8 Å². The molecule has 33 heavy (non-hydrogen) atoms. The van der Waals surface area contributed by atoms with E-state index in [4.69, 9.17) is 9.47 Å². The number of hydrogen-bond donors (Lipinski definition) is 0. The third kappa shape index (κ3) is 3.53. The quantitative estimate of drug-likeness (QED) is 0.155. The molecule has 0 aromatic heterocycles. The van der Waals surface area contributed by atoms with Crippen molar-refractivity contribution in [2.45, 2.75) is 33.2 Å². The number of fused-ring (bicyclic) bond motifs is 6. The van der Waals surface area contributed by atoms with Gasteiger partial charge in [-0.15, -0.1) is 0 Å². The van der Waals surface area contributed by atoms with Crippen LogP contribution in [0.25, 0.3) is 0 Å². The van der Waals surface area contributed by atoms with Crippen molar-refractivity contribution in [3.63, 3.8) is 0 Å².